The average Bonchev–Trinajstić information content (AvgIpc) is 2.38. The third-order valence-electron chi connectivity index (χ3n) is 2.39. The lowest BCUT2D eigenvalue weighted by molar-refractivity contribution is -0.139. The Kier molecular flexibility index (Phi) is 5.85. The van der Waals surface area contributed by atoms with Crippen LogP contribution in [0.5, 0.6) is 0 Å². The van der Waals surface area contributed by atoms with Crippen molar-refractivity contribution in [3.63, 3.8) is 0 Å². The van der Waals surface area contributed by atoms with Crippen molar-refractivity contribution in [2.45, 2.75) is 12.5 Å². The fourth-order valence-electron chi connectivity index (χ4n) is 1.39. The van der Waals surface area contributed by atoms with Gasteiger partial charge >= 0.3 is 12.0 Å². The van der Waals surface area contributed by atoms with Crippen molar-refractivity contribution >= 4 is 17.7 Å². The molecule has 0 heterocycles. The van der Waals surface area contributed by atoms with Gasteiger partial charge in [0.1, 0.15) is 6.04 Å². The number of methoxy groups -OCH3 is 1. The summed E-state index contributed by atoms with van der Waals surface area (Å²) in [5.74, 6) is -3.38. The fourth-order valence-corrected chi connectivity index (χ4v) is 1.39. The maximum atomic E-state index is 12.9. The Labute approximate surface area is 113 Å². The minimum atomic E-state index is -1.22. The van der Waals surface area contributed by atoms with Crippen molar-refractivity contribution in [1.82, 2.24) is 5.32 Å². The molecule has 0 fully saturated rings. The van der Waals surface area contributed by atoms with Crippen molar-refractivity contribution < 1.29 is 28.2 Å². The SMILES string of the molecule is COCCC(NC(=O)Nc1ccc(F)c(F)c1)C(=O)O. The van der Waals surface area contributed by atoms with E-state index in [1.165, 1.54) is 7.11 Å². The highest BCUT2D eigenvalue weighted by Crippen LogP contribution is 2.12. The van der Waals surface area contributed by atoms with E-state index in [0.29, 0.717) is 0 Å². The Hall–Kier alpha value is -2.22. The van der Waals surface area contributed by atoms with Gasteiger partial charge in [-0.15, -0.1) is 0 Å². The van der Waals surface area contributed by atoms with Crippen LogP contribution in [0.2, 0.25) is 0 Å². The molecule has 20 heavy (non-hydrogen) atoms. The van der Waals surface area contributed by atoms with Gasteiger partial charge in [-0.2, -0.15) is 0 Å². The van der Waals surface area contributed by atoms with E-state index in [0.717, 1.165) is 18.2 Å². The zero-order chi connectivity index (χ0) is 15.1. The van der Waals surface area contributed by atoms with Gasteiger partial charge in [-0.05, 0) is 12.1 Å². The molecule has 8 heteroatoms. The summed E-state index contributed by atoms with van der Waals surface area (Å²) < 4.78 is 30.4. The standard InChI is InChI=1S/C12H14F2N2O4/c1-20-5-4-10(11(17)18)16-12(19)15-7-2-3-8(13)9(14)6-7/h2-3,6,10H,4-5H2,1H3,(H,17,18)(H2,15,16,19). The third-order valence-corrected chi connectivity index (χ3v) is 2.39. The second-order valence-corrected chi connectivity index (χ2v) is 3.90. The molecule has 0 aliphatic heterocycles. The zero-order valence-electron chi connectivity index (χ0n) is 10.7. The van der Waals surface area contributed by atoms with Crippen LogP contribution in [0.15, 0.2) is 18.2 Å². The smallest absolute Gasteiger partial charge is 0.326 e. The van der Waals surface area contributed by atoms with Crippen LogP contribution in [0.3, 0.4) is 0 Å². The van der Waals surface area contributed by atoms with E-state index in [1.54, 1.807) is 0 Å². The van der Waals surface area contributed by atoms with Gasteiger partial charge in [0.05, 0.1) is 0 Å². The van der Waals surface area contributed by atoms with Gasteiger partial charge in [-0.25, -0.2) is 18.4 Å². The van der Waals surface area contributed by atoms with Crippen LogP contribution in [0, 0.1) is 11.6 Å². The van der Waals surface area contributed by atoms with E-state index in [-0.39, 0.29) is 18.7 Å². The molecule has 0 aliphatic rings. The number of benzene rings is 1. The molecular weight excluding hydrogens is 274 g/mol. The van der Waals surface area contributed by atoms with Crippen LogP contribution in [0.1, 0.15) is 6.42 Å². The first-order chi connectivity index (χ1) is 9.43. The van der Waals surface area contributed by atoms with Crippen molar-refractivity contribution in [2.75, 3.05) is 19.0 Å². The maximum absolute atomic E-state index is 12.9. The molecule has 0 aromatic heterocycles. The molecule has 1 aromatic rings. The van der Waals surface area contributed by atoms with Crippen LogP contribution in [0.4, 0.5) is 19.3 Å². The highest BCUT2D eigenvalue weighted by atomic mass is 19.2. The zero-order valence-corrected chi connectivity index (χ0v) is 10.7. The number of hydrogen-bond donors (Lipinski definition) is 3. The number of rotatable bonds is 6. The molecule has 0 saturated carbocycles. The highest BCUT2D eigenvalue weighted by molar-refractivity contribution is 5.92. The topological polar surface area (TPSA) is 87.7 Å². The third kappa shape index (κ3) is 4.81. The Morgan fingerprint density at radius 3 is 2.60 bits per heavy atom. The van der Waals surface area contributed by atoms with Crippen molar-refractivity contribution in [3.05, 3.63) is 29.8 Å². The van der Waals surface area contributed by atoms with Gasteiger partial charge in [-0.3, -0.25) is 0 Å². The molecule has 0 bridgehead atoms. The second kappa shape index (κ2) is 7.39. The lowest BCUT2D eigenvalue weighted by Crippen LogP contribution is -2.43. The van der Waals surface area contributed by atoms with Crippen molar-refractivity contribution in [1.29, 1.82) is 0 Å². The summed E-state index contributed by atoms with van der Waals surface area (Å²) in [4.78, 5) is 22.4. The number of carbonyl (C=O) groups is 2. The predicted octanol–water partition coefficient (Wildman–Crippen LogP) is 1.58. The molecule has 2 amide bonds. The summed E-state index contributed by atoms with van der Waals surface area (Å²) in [5.41, 5.74) is 0.0114. The van der Waals surface area contributed by atoms with Gasteiger partial charge in [0.2, 0.25) is 0 Å². The fraction of sp³-hybridized carbons (Fsp3) is 0.333. The number of nitrogens with one attached hydrogen (secondary N) is 2. The molecule has 6 nitrogen and oxygen atoms in total. The van der Waals surface area contributed by atoms with E-state index < -0.39 is 29.7 Å². The van der Waals surface area contributed by atoms with Crippen molar-refractivity contribution in [3.8, 4) is 0 Å². The van der Waals surface area contributed by atoms with E-state index in [1.807, 2.05) is 0 Å². The Balaban J connectivity index is 2.60. The number of carboxylic acids is 1. The Bertz CT molecular complexity index is 496. The normalized spacial score (nSPS) is 11.8. The largest absolute Gasteiger partial charge is 0.480 e. The lowest BCUT2D eigenvalue weighted by Gasteiger charge is -2.14. The molecule has 3 N–H and O–H groups in total. The van der Waals surface area contributed by atoms with E-state index in [2.05, 4.69) is 10.6 Å². The lowest BCUT2D eigenvalue weighted by atomic mass is 10.2. The predicted molar refractivity (Wildman–Crippen MR) is 66.4 cm³/mol. The van der Waals surface area contributed by atoms with Crippen LogP contribution >= 0.6 is 0 Å². The molecule has 1 rings (SSSR count). The number of amides is 2. The Morgan fingerprint density at radius 1 is 1.35 bits per heavy atom. The first-order valence-electron chi connectivity index (χ1n) is 5.68. The molecule has 0 radical (unpaired) electrons. The monoisotopic (exact) mass is 288 g/mol. The van der Waals surface area contributed by atoms with E-state index >= 15 is 0 Å². The molecule has 110 valence electrons. The summed E-state index contributed by atoms with van der Waals surface area (Å²) in [6, 6.07) is 0.826. The second-order valence-electron chi connectivity index (χ2n) is 3.90. The van der Waals surface area contributed by atoms with Gasteiger partial charge in [-0.1, -0.05) is 0 Å². The number of halogens is 2. The average molecular weight is 288 g/mol. The van der Waals surface area contributed by atoms with Crippen LogP contribution in [-0.2, 0) is 9.53 Å². The summed E-state index contributed by atoms with van der Waals surface area (Å²) in [7, 11) is 1.40. The summed E-state index contributed by atoms with van der Waals surface area (Å²) in [6.07, 6.45) is 0.0804. The first kappa shape index (κ1) is 15.8. The first-order valence-corrected chi connectivity index (χ1v) is 5.68. The van der Waals surface area contributed by atoms with Gasteiger partial charge in [0, 0.05) is 31.9 Å². The Morgan fingerprint density at radius 2 is 2.05 bits per heavy atom. The van der Waals surface area contributed by atoms with Crippen LogP contribution in [0.25, 0.3) is 0 Å². The highest BCUT2D eigenvalue weighted by Gasteiger charge is 2.19. The van der Waals surface area contributed by atoms with Crippen LogP contribution in [-0.4, -0.2) is 36.9 Å². The number of hydrogen-bond acceptors (Lipinski definition) is 3. The van der Waals surface area contributed by atoms with E-state index in [4.69, 9.17) is 9.84 Å². The number of anilines is 1. The molecule has 1 aromatic carbocycles. The maximum Gasteiger partial charge on any atom is 0.326 e. The van der Waals surface area contributed by atoms with E-state index in [9.17, 15) is 18.4 Å². The van der Waals surface area contributed by atoms with Crippen molar-refractivity contribution in [2.24, 2.45) is 0 Å². The summed E-state index contributed by atoms with van der Waals surface area (Å²) >= 11 is 0. The summed E-state index contributed by atoms with van der Waals surface area (Å²) in [6.45, 7) is 0.155. The quantitative estimate of drug-likeness (QED) is 0.741. The minimum absolute atomic E-state index is 0.0114. The number of carbonyl (C=O) groups excluding carboxylic acids is 1. The minimum Gasteiger partial charge on any atom is -0.480 e. The summed E-state index contributed by atoms with van der Waals surface area (Å²) in [5, 5.41) is 13.3. The molecule has 0 spiro atoms. The van der Waals surface area contributed by atoms with Gasteiger partial charge in [0.15, 0.2) is 11.6 Å². The number of urea groups is 1. The molecular formula is C12H14F2N2O4. The molecule has 1 atom stereocenters. The molecule has 1 unspecified atom stereocenters. The molecule has 0 aliphatic carbocycles. The molecule has 0 saturated heterocycles. The number of aliphatic carboxylic acids is 1. The number of ether oxygens (including phenoxy) is 1. The van der Waals surface area contributed by atoms with Gasteiger partial charge in [0.25, 0.3) is 0 Å². The van der Waals surface area contributed by atoms with Crippen LogP contribution < -0.4 is 10.6 Å². The van der Waals surface area contributed by atoms with Gasteiger partial charge < -0.3 is 20.5 Å². The number of carboxylic acid groups (broad SMARTS) is 1.